The Morgan fingerprint density at radius 1 is 1.33 bits per heavy atom. The number of aliphatic hydroxyl groups is 1. The summed E-state index contributed by atoms with van der Waals surface area (Å²) in [6, 6.07) is 6.15. The lowest BCUT2D eigenvalue weighted by Crippen LogP contribution is -2.21. The van der Waals surface area contributed by atoms with E-state index < -0.39 is 0 Å². The Morgan fingerprint density at radius 3 is 2.94 bits per heavy atom. The van der Waals surface area contributed by atoms with Gasteiger partial charge in [-0.3, -0.25) is 4.79 Å². The minimum atomic E-state index is 0.103. The Balaban J connectivity index is 2.04. The van der Waals surface area contributed by atoms with Gasteiger partial charge in [-0.25, -0.2) is 0 Å². The van der Waals surface area contributed by atoms with Gasteiger partial charge in [0.15, 0.2) is 0 Å². The summed E-state index contributed by atoms with van der Waals surface area (Å²) in [5.41, 5.74) is 3.32. The molecule has 1 aromatic carbocycles. The average Bonchev–Trinajstić information content (AvgIpc) is 2.38. The van der Waals surface area contributed by atoms with Gasteiger partial charge in [0.25, 0.3) is 0 Å². The summed E-state index contributed by atoms with van der Waals surface area (Å²) in [5.74, 6) is 0.103. The van der Waals surface area contributed by atoms with E-state index in [-0.39, 0.29) is 12.5 Å². The number of aliphatic hydroxyl groups excluding tert-OH is 1. The van der Waals surface area contributed by atoms with Crippen LogP contribution in [0.4, 0.5) is 11.4 Å². The SMILES string of the molecule is CN(CCCCO)c1ccc2c(c1)CCC(=O)N2. The third-order valence-corrected chi connectivity index (χ3v) is 3.33. The number of anilines is 2. The first-order valence-corrected chi connectivity index (χ1v) is 6.45. The average molecular weight is 248 g/mol. The Kier molecular flexibility index (Phi) is 4.20. The molecule has 4 heteroatoms. The van der Waals surface area contributed by atoms with Crippen LogP contribution in [0.2, 0.25) is 0 Å². The van der Waals surface area contributed by atoms with Gasteiger partial charge >= 0.3 is 0 Å². The fourth-order valence-electron chi connectivity index (χ4n) is 2.20. The van der Waals surface area contributed by atoms with Crippen LogP contribution in [-0.4, -0.2) is 31.2 Å². The summed E-state index contributed by atoms with van der Waals surface area (Å²) < 4.78 is 0. The molecule has 0 saturated carbocycles. The molecule has 0 aromatic heterocycles. The maximum absolute atomic E-state index is 11.3. The van der Waals surface area contributed by atoms with Crippen molar-refractivity contribution in [3.05, 3.63) is 23.8 Å². The van der Waals surface area contributed by atoms with Crippen molar-refractivity contribution < 1.29 is 9.90 Å². The van der Waals surface area contributed by atoms with E-state index in [4.69, 9.17) is 5.11 Å². The molecule has 1 aromatic rings. The number of nitrogens with one attached hydrogen (secondary N) is 1. The van der Waals surface area contributed by atoms with Crippen molar-refractivity contribution >= 4 is 17.3 Å². The van der Waals surface area contributed by atoms with Gasteiger partial charge in [0.2, 0.25) is 5.91 Å². The van der Waals surface area contributed by atoms with E-state index in [2.05, 4.69) is 23.3 Å². The normalized spacial score (nSPS) is 14.0. The molecule has 98 valence electrons. The largest absolute Gasteiger partial charge is 0.396 e. The number of hydrogen-bond donors (Lipinski definition) is 2. The molecule has 0 atom stereocenters. The van der Waals surface area contributed by atoms with Crippen molar-refractivity contribution in [2.24, 2.45) is 0 Å². The molecule has 0 spiro atoms. The van der Waals surface area contributed by atoms with Crippen LogP contribution in [0.15, 0.2) is 18.2 Å². The van der Waals surface area contributed by atoms with Gasteiger partial charge in [0, 0.05) is 38.0 Å². The molecule has 0 bridgehead atoms. The van der Waals surface area contributed by atoms with Gasteiger partial charge in [0.05, 0.1) is 0 Å². The van der Waals surface area contributed by atoms with E-state index in [1.165, 1.54) is 11.3 Å². The highest BCUT2D eigenvalue weighted by Crippen LogP contribution is 2.27. The number of benzene rings is 1. The highest BCUT2D eigenvalue weighted by molar-refractivity contribution is 5.94. The first-order chi connectivity index (χ1) is 8.70. The van der Waals surface area contributed by atoms with Crippen molar-refractivity contribution in [1.29, 1.82) is 0 Å². The molecule has 0 unspecified atom stereocenters. The Bertz CT molecular complexity index is 432. The Labute approximate surface area is 108 Å². The van der Waals surface area contributed by atoms with Crippen LogP contribution in [0, 0.1) is 0 Å². The summed E-state index contributed by atoms with van der Waals surface area (Å²) in [4.78, 5) is 13.5. The number of nitrogens with zero attached hydrogens (tertiary/aromatic N) is 1. The zero-order chi connectivity index (χ0) is 13.0. The van der Waals surface area contributed by atoms with E-state index in [0.29, 0.717) is 6.42 Å². The number of rotatable bonds is 5. The highest BCUT2D eigenvalue weighted by Gasteiger charge is 2.15. The van der Waals surface area contributed by atoms with Crippen molar-refractivity contribution in [3.63, 3.8) is 0 Å². The van der Waals surface area contributed by atoms with Crippen molar-refractivity contribution in [1.82, 2.24) is 0 Å². The summed E-state index contributed by atoms with van der Waals surface area (Å²) in [7, 11) is 2.06. The van der Waals surface area contributed by atoms with Gasteiger partial charge in [-0.15, -0.1) is 0 Å². The first-order valence-electron chi connectivity index (χ1n) is 6.45. The second-order valence-electron chi connectivity index (χ2n) is 4.74. The molecule has 0 saturated heterocycles. The molecule has 4 nitrogen and oxygen atoms in total. The van der Waals surface area contributed by atoms with Crippen LogP contribution in [-0.2, 0) is 11.2 Å². The smallest absolute Gasteiger partial charge is 0.224 e. The van der Waals surface area contributed by atoms with E-state index in [0.717, 1.165) is 31.5 Å². The molecule has 1 aliphatic rings. The van der Waals surface area contributed by atoms with E-state index in [9.17, 15) is 4.79 Å². The maximum atomic E-state index is 11.3. The third kappa shape index (κ3) is 3.01. The molecule has 2 N–H and O–H groups in total. The van der Waals surface area contributed by atoms with Crippen LogP contribution in [0.25, 0.3) is 0 Å². The molecule has 1 heterocycles. The number of amides is 1. The minimum absolute atomic E-state index is 0.103. The zero-order valence-corrected chi connectivity index (χ0v) is 10.8. The predicted molar refractivity (Wildman–Crippen MR) is 73.0 cm³/mol. The molecule has 1 amide bonds. The fourth-order valence-corrected chi connectivity index (χ4v) is 2.20. The highest BCUT2D eigenvalue weighted by atomic mass is 16.2. The van der Waals surface area contributed by atoms with Gasteiger partial charge in [-0.1, -0.05) is 0 Å². The Morgan fingerprint density at radius 2 is 2.17 bits per heavy atom. The molecule has 0 aliphatic carbocycles. The summed E-state index contributed by atoms with van der Waals surface area (Å²) in [6.07, 6.45) is 3.22. The lowest BCUT2D eigenvalue weighted by molar-refractivity contribution is -0.116. The number of unbranched alkanes of at least 4 members (excludes halogenated alkanes) is 1. The van der Waals surface area contributed by atoms with Crippen LogP contribution in [0.5, 0.6) is 0 Å². The van der Waals surface area contributed by atoms with Gasteiger partial charge in [0.1, 0.15) is 0 Å². The fraction of sp³-hybridized carbons (Fsp3) is 0.500. The zero-order valence-electron chi connectivity index (χ0n) is 10.8. The van der Waals surface area contributed by atoms with Crippen molar-refractivity contribution in [3.8, 4) is 0 Å². The quantitative estimate of drug-likeness (QED) is 0.781. The monoisotopic (exact) mass is 248 g/mol. The Hall–Kier alpha value is -1.55. The summed E-state index contributed by atoms with van der Waals surface area (Å²) >= 11 is 0. The molecule has 1 aliphatic heterocycles. The third-order valence-electron chi connectivity index (χ3n) is 3.33. The van der Waals surface area contributed by atoms with E-state index >= 15 is 0 Å². The summed E-state index contributed by atoms with van der Waals surface area (Å²) in [6.45, 7) is 1.19. The first kappa shape index (κ1) is 12.9. The van der Waals surface area contributed by atoms with Crippen LogP contribution >= 0.6 is 0 Å². The number of carbonyl (C=O) groups excluding carboxylic acids is 1. The second kappa shape index (κ2) is 5.87. The van der Waals surface area contributed by atoms with Crippen LogP contribution in [0.1, 0.15) is 24.8 Å². The van der Waals surface area contributed by atoms with Gasteiger partial charge in [-0.2, -0.15) is 0 Å². The van der Waals surface area contributed by atoms with Crippen molar-refractivity contribution in [2.45, 2.75) is 25.7 Å². The predicted octanol–water partition coefficient (Wildman–Crippen LogP) is 1.78. The summed E-state index contributed by atoms with van der Waals surface area (Å²) in [5, 5.41) is 11.7. The number of fused-ring (bicyclic) bond motifs is 1. The number of aryl methyl sites for hydroxylation is 1. The maximum Gasteiger partial charge on any atom is 0.224 e. The van der Waals surface area contributed by atoms with E-state index in [1.807, 2.05) is 12.1 Å². The lowest BCUT2D eigenvalue weighted by atomic mass is 10.0. The van der Waals surface area contributed by atoms with Crippen LogP contribution < -0.4 is 10.2 Å². The van der Waals surface area contributed by atoms with Crippen LogP contribution in [0.3, 0.4) is 0 Å². The molecular weight excluding hydrogens is 228 g/mol. The molecule has 0 fully saturated rings. The number of hydrogen-bond acceptors (Lipinski definition) is 3. The molecule has 2 rings (SSSR count). The topological polar surface area (TPSA) is 52.6 Å². The van der Waals surface area contributed by atoms with Gasteiger partial charge in [-0.05, 0) is 43.0 Å². The standard InChI is InChI=1S/C14H20N2O2/c1-16(8-2-3-9-17)12-5-6-13-11(10-12)4-7-14(18)15-13/h5-6,10,17H,2-4,7-9H2,1H3,(H,15,18). The van der Waals surface area contributed by atoms with Crippen molar-refractivity contribution in [2.75, 3.05) is 30.4 Å². The lowest BCUT2D eigenvalue weighted by Gasteiger charge is -2.23. The molecule has 18 heavy (non-hydrogen) atoms. The molecule has 0 radical (unpaired) electrons. The van der Waals surface area contributed by atoms with E-state index in [1.54, 1.807) is 0 Å². The number of carbonyl (C=O) groups is 1. The minimum Gasteiger partial charge on any atom is -0.396 e. The second-order valence-corrected chi connectivity index (χ2v) is 4.74. The molecular formula is C14H20N2O2. The van der Waals surface area contributed by atoms with Gasteiger partial charge < -0.3 is 15.3 Å².